The smallest absolute Gasteiger partial charge is 0.309 e. The number of hydrogen-bond donors (Lipinski definition) is 2. The molecule has 216 valence electrons. The summed E-state index contributed by atoms with van der Waals surface area (Å²) in [5.74, 6) is -0.691. The van der Waals surface area contributed by atoms with E-state index < -0.39 is 11.4 Å². The van der Waals surface area contributed by atoms with Gasteiger partial charge in [-0.05, 0) is 74.0 Å². The Morgan fingerprint density at radius 3 is 2.27 bits per heavy atom. The third kappa shape index (κ3) is 7.43. The molecule has 6 nitrogen and oxygen atoms in total. The second kappa shape index (κ2) is 12.2. The first-order valence-corrected chi connectivity index (χ1v) is 14.4. The number of oxime groups is 1. The molecule has 0 saturated heterocycles. The number of benzene rings is 3. The average molecular weight is 597 g/mol. The molecule has 1 aromatic heterocycles. The number of carboxylic acids is 1. The molecule has 0 aliphatic carbocycles. The summed E-state index contributed by atoms with van der Waals surface area (Å²) in [4.78, 5) is 13.2. The fraction of sp³-hybridized carbons (Fsp3) is 0.312. The highest BCUT2D eigenvalue weighted by atomic mass is 35.5. The van der Waals surface area contributed by atoms with Crippen molar-refractivity contribution < 1.29 is 24.2 Å². The molecule has 3 aromatic carbocycles. The maximum Gasteiger partial charge on any atom is 0.309 e. The number of ether oxygens (including phenoxy) is 1. The Balaban J connectivity index is 1.81. The Kier molecular flexibility index (Phi) is 9.04. The minimum absolute atomic E-state index is 0.0280. The fourth-order valence-corrected chi connectivity index (χ4v) is 5.76. The van der Waals surface area contributed by atoms with Crippen LogP contribution in [0.5, 0.6) is 5.75 Å². The van der Waals surface area contributed by atoms with Gasteiger partial charge in [0.1, 0.15) is 23.9 Å². The van der Waals surface area contributed by atoms with Gasteiger partial charge >= 0.3 is 5.97 Å². The molecule has 0 atom stereocenters. The zero-order valence-corrected chi connectivity index (χ0v) is 25.3. The minimum atomic E-state index is -1.000. The largest absolute Gasteiger partial charge is 0.487 e. The summed E-state index contributed by atoms with van der Waals surface area (Å²) in [6.07, 6.45) is 0.324. The Labute approximate surface area is 248 Å². The predicted octanol–water partition coefficient (Wildman–Crippen LogP) is 8.28. The second-order valence-corrected chi connectivity index (χ2v) is 13.9. The van der Waals surface area contributed by atoms with Crippen molar-refractivity contribution in [3.63, 3.8) is 0 Å². The number of fused-ring (bicyclic) bond motifs is 1. The van der Waals surface area contributed by atoms with Gasteiger partial charge in [-0.25, -0.2) is 4.39 Å². The number of rotatable bonds is 10. The molecule has 1 heterocycles. The fourth-order valence-electron chi connectivity index (χ4n) is 4.45. The van der Waals surface area contributed by atoms with Crippen LogP contribution in [-0.2, 0) is 17.8 Å². The number of halogens is 2. The van der Waals surface area contributed by atoms with Gasteiger partial charge in [0.2, 0.25) is 0 Å². The molecular weight excluding hydrogens is 563 g/mol. The van der Waals surface area contributed by atoms with Crippen molar-refractivity contribution in [3.8, 4) is 5.75 Å². The summed E-state index contributed by atoms with van der Waals surface area (Å²) >= 11 is 7.82. The van der Waals surface area contributed by atoms with Crippen LogP contribution < -0.4 is 4.74 Å². The molecule has 0 bridgehead atoms. The van der Waals surface area contributed by atoms with Crippen LogP contribution in [0, 0.1) is 11.2 Å². The molecule has 0 aliphatic heterocycles. The summed E-state index contributed by atoms with van der Waals surface area (Å²) < 4.78 is 21.4. The molecule has 0 fully saturated rings. The van der Waals surface area contributed by atoms with Crippen molar-refractivity contribution in [2.45, 2.75) is 57.2 Å². The van der Waals surface area contributed by atoms with Gasteiger partial charge in [-0.1, -0.05) is 49.7 Å². The lowest BCUT2D eigenvalue weighted by molar-refractivity contribution is -0.146. The Hall–Kier alpha value is -3.49. The third-order valence-corrected chi connectivity index (χ3v) is 8.14. The zero-order valence-electron chi connectivity index (χ0n) is 23.7. The molecule has 0 radical (unpaired) electrons. The molecule has 0 unspecified atom stereocenters. The van der Waals surface area contributed by atoms with Crippen LogP contribution in [0.2, 0.25) is 5.02 Å². The van der Waals surface area contributed by atoms with Gasteiger partial charge in [-0.2, -0.15) is 0 Å². The maximum absolute atomic E-state index is 13.4. The molecule has 4 rings (SSSR count). The van der Waals surface area contributed by atoms with Crippen LogP contribution in [0.4, 0.5) is 4.39 Å². The Bertz CT molecular complexity index is 1570. The molecule has 9 heteroatoms. The van der Waals surface area contributed by atoms with E-state index in [-0.39, 0.29) is 22.9 Å². The number of hydrogen-bond acceptors (Lipinski definition) is 5. The van der Waals surface area contributed by atoms with Crippen molar-refractivity contribution in [2.24, 2.45) is 10.6 Å². The average Bonchev–Trinajstić information content (AvgIpc) is 3.16. The van der Waals surface area contributed by atoms with E-state index >= 15 is 0 Å². The number of carboxylic acid groups (broad SMARTS) is 1. The lowest BCUT2D eigenvalue weighted by Crippen LogP contribution is -2.28. The standard InChI is InChI=1S/C32H34ClFN2O4S/c1-31(2,3)41-29-25-16-24(40-19-26(35-39)21-8-12-23(34)13-9-21)14-15-27(25)36(18-20-6-10-22(33)11-7-20)28(29)17-32(4,5)30(37)38/h6-16,39H,17-19H2,1-5H3,(H,37,38)/b35-26+. The van der Waals surface area contributed by atoms with Gasteiger partial charge < -0.3 is 19.6 Å². The molecule has 0 aliphatic rings. The van der Waals surface area contributed by atoms with Crippen LogP contribution in [0.3, 0.4) is 0 Å². The van der Waals surface area contributed by atoms with Crippen LogP contribution in [0.25, 0.3) is 10.9 Å². The van der Waals surface area contributed by atoms with Crippen molar-refractivity contribution in [1.29, 1.82) is 0 Å². The first kappa shape index (κ1) is 30.5. The number of nitrogens with zero attached hydrogens (tertiary/aromatic N) is 2. The first-order chi connectivity index (χ1) is 19.3. The molecule has 0 amide bonds. The summed E-state index contributed by atoms with van der Waals surface area (Å²) in [6.45, 7) is 10.4. The summed E-state index contributed by atoms with van der Waals surface area (Å²) in [5, 5.41) is 24.5. The quantitative estimate of drug-likeness (QED) is 0.0833. The van der Waals surface area contributed by atoms with Crippen molar-refractivity contribution in [1.82, 2.24) is 4.57 Å². The van der Waals surface area contributed by atoms with E-state index in [1.165, 1.54) is 24.3 Å². The number of carbonyl (C=O) groups is 1. The van der Waals surface area contributed by atoms with Crippen molar-refractivity contribution >= 4 is 45.9 Å². The highest BCUT2D eigenvalue weighted by Crippen LogP contribution is 2.44. The molecule has 0 spiro atoms. The summed E-state index contributed by atoms with van der Waals surface area (Å²) in [5.41, 5.74) is 2.73. The van der Waals surface area contributed by atoms with Crippen LogP contribution in [-0.4, -0.2) is 37.9 Å². The highest BCUT2D eigenvalue weighted by Gasteiger charge is 2.33. The lowest BCUT2D eigenvalue weighted by Gasteiger charge is -2.24. The van der Waals surface area contributed by atoms with Gasteiger partial charge in [-0.15, -0.1) is 11.8 Å². The normalized spacial score (nSPS) is 12.6. The van der Waals surface area contributed by atoms with E-state index in [1.54, 1.807) is 25.6 Å². The second-order valence-electron chi connectivity index (χ2n) is 11.6. The van der Waals surface area contributed by atoms with E-state index in [0.717, 1.165) is 27.1 Å². The van der Waals surface area contributed by atoms with E-state index in [9.17, 15) is 19.5 Å². The topological polar surface area (TPSA) is 84.0 Å². The van der Waals surface area contributed by atoms with Gasteiger partial charge in [-0.3, -0.25) is 4.79 Å². The van der Waals surface area contributed by atoms with E-state index in [2.05, 4.69) is 30.5 Å². The van der Waals surface area contributed by atoms with Gasteiger partial charge in [0, 0.05) is 49.8 Å². The number of aliphatic carboxylic acids is 1. The van der Waals surface area contributed by atoms with E-state index in [4.69, 9.17) is 16.3 Å². The SMILES string of the molecule is CC(C)(C)Sc1c(CC(C)(C)C(=O)O)n(Cc2ccc(Cl)cc2)c2ccc(OC/C(=N\O)c3ccc(F)cc3)cc12. The minimum Gasteiger partial charge on any atom is -0.487 e. The predicted molar refractivity (Wildman–Crippen MR) is 163 cm³/mol. The van der Waals surface area contributed by atoms with E-state index in [0.29, 0.717) is 29.3 Å². The molecule has 2 N–H and O–H groups in total. The number of thioether (sulfide) groups is 1. The van der Waals surface area contributed by atoms with Gasteiger partial charge in [0.05, 0.1) is 5.41 Å². The van der Waals surface area contributed by atoms with Crippen molar-refractivity contribution in [2.75, 3.05) is 6.61 Å². The van der Waals surface area contributed by atoms with Crippen LogP contribution in [0.15, 0.2) is 76.8 Å². The van der Waals surface area contributed by atoms with Crippen LogP contribution in [0.1, 0.15) is 51.4 Å². The Morgan fingerprint density at radius 1 is 1.02 bits per heavy atom. The first-order valence-electron chi connectivity index (χ1n) is 13.2. The van der Waals surface area contributed by atoms with Crippen LogP contribution >= 0.6 is 23.4 Å². The lowest BCUT2D eigenvalue weighted by atomic mass is 9.88. The van der Waals surface area contributed by atoms with E-state index in [1.807, 2.05) is 42.5 Å². The molecular formula is C32H34ClFN2O4S. The maximum atomic E-state index is 13.4. The summed E-state index contributed by atoms with van der Waals surface area (Å²) in [6, 6.07) is 19.1. The summed E-state index contributed by atoms with van der Waals surface area (Å²) in [7, 11) is 0. The third-order valence-electron chi connectivity index (χ3n) is 6.62. The van der Waals surface area contributed by atoms with Gasteiger partial charge in [0.25, 0.3) is 0 Å². The number of aromatic nitrogens is 1. The molecule has 0 saturated carbocycles. The zero-order chi connectivity index (χ0) is 29.9. The molecule has 41 heavy (non-hydrogen) atoms. The van der Waals surface area contributed by atoms with Gasteiger partial charge in [0.15, 0.2) is 0 Å². The van der Waals surface area contributed by atoms with Crippen molar-refractivity contribution in [3.05, 3.63) is 94.4 Å². The monoisotopic (exact) mass is 596 g/mol. The Morgan fingerprint density at radius 2 is 1.68 bits per heavy atom. The molecule has 4 aromatic rings. The highest BCUT2D eigenvalue weighted by molar-refractivity contribution is 8.00.